The van der Waals surface area contributed by atoms with Crippen LogP contribution in [0, 0.1) is 0 Å². The van der Waals surface area contributed by atoms with E-state index in [4.69, 9.17) is 0 Å². The van der Waals surface area contributed by atoms with Gasteiger partial charge in [-0.25, -0.2) is 4.79 Å². The van der Waals surface area contributed by atoms with Crippen LogP contribution in [0.2, 0.25) is 0 Å². The van der Waals surface area contributed by atoms with E-state index >= 15 is 0 Å². The topological polar surface area (TPSA) is 90.5 Å². The summed E-state index contributed by atoms with van der Waals surface area (Å²) in [6.07, 6.45) is 5.35. The van der Waals surface area contributed by atoms with Crippen LogP contribution < -0.4 is 16.0 Å². The fraction of sp³-hybridized carbons (Fsp3) is 0.824. The van der Waals surface area contributed by atoms with Gasteiger partial charge in [-0.2, -0.15) is 0 Å². The quantitative estimate of drug-likeness (QED) is 0.705. The highest BCUT2D eigenvalue weighted by Crippen LogP contribution is 2.17. The number of hydrogen-bond acceptors (Lipinski definition) is 4. The number of carbonyl (C=O) groups is 3. The number of carbonyl (C=O) groups excluding carboxylic acids is 3. The van der Waals surface area contributed by atoms with Crippen LogP contribution in [0.3, 0.4) is 0 Å². The number of hydrogen-bond donors (Lipinski definition) is 3. The molecule has 1 rings (SSSR count). The summed E-state index contributed by atoms with van der Waals surface area (Å²) >= 11 is 0. The highest BCUT2D eigenvalue weighted by Gasteiger charge is 2.24. The molecule has 0 aromatic carbocycles. The third-order valence-corrected chi connectivity index (χ3v) is 4.13. The summed E-state index contributed by atoms with van der Waals surface area (Å²) in [5.41, 5.74) is -0.316. The van der Waals surface area contributed by atoms with Gasteiger partial charge < -0.3 is 10.6 Å². The van der Waals surface area contributed by atoms with E-state index in [0.717, 1.165) is 25.7 Å². The number of nitrogens with one attached hydrogen (secondary N) is 3. The largest absolute Gasteiger partial charge is 0.350 e. The maximum atomic E-state index is 12.2. The summed E-state index contributed by atoms with van der Waals surface area (Å²) in [4.78, 5) is 37.6. The molecule has 0 bridgehead atoms. The van der Waals surface area contributed by atoms with Gasteiger partial charge in [-0.05, 0) is 47.6 Å². The lowest BCUT2D eigenvalue weighted by Gasteiger charge is -2.27. The fourth-order valence-electron chi connectivity index (χ4n) is 2.71. The molecule has 0 unspecified atom stereocenters. The molecule has 1 atom stereocenters. The van der Waals surface area contributed by atoms with Gasteiger partial charge in [0.05, 0.1) is 12.6 Å². The van der Waals surface area contributed by atoms with E-state index in [9.17, 15) is 14.4 Å². The van der Waals surface area contributed by atoms with E-state index in [1.807, 2.05) is 20.8 Å². The Morgan fingerprint density at radius 3 is 2.25 bits per heavy atom. The molecule has 1 saturated carbocycles. The Morgan fingerprint density at radius 1 is 1.12 bits per heavy atom. The molecule has 0 aromatic heterocycles. The number of rotatable bonds is 5. The van der Waals surface area contributed by atoms with Crippen molar-refractivity contribution in [3.8, 4) is 0 Å². The molecule has 0 saturated heterocycles. The second-order valence-corrected chi connectivity index (χ2v) is 7.69. The van der Waals surface area contributed by atoms with Crippen molar-refractivity contribution in [2.45, 2.75) is 77.4 Å². The minimum absolute atomic E-state index is 0.0934. The molecule has 138 valence electrons. The van der Waals surface area contributed by atoms with E-state index in [-0.39, 0.29) is 24.0 Å². The first-order chi connectivity index (χ1) is 11.1. The summed E-state index contributed by atoms with van der Waals surface area (Å²) in [6.45, 7) is 7.47. The lowest BCUT2D eigenvalue weighted by Crippen LogP contribution is -2.53. The second kappa shape index (κ2) is 9.01. The zero-order valence-electron chi connectivity index (χ0n) is 15.6. The predicted molar refractivity (Wildman–Crippen MR) is 93.5 cm³/mol. The first kappa shape index (κ1) is 20.4. The average molecular weight is 340 g/mol. The van der Waals surface area contributed by atoms with Crippen molar-refractivity contribution in [3.05, 3.63) is 0 Å². The molecule has 24 heavy (non-hydrogen) atoms. The zero-order valence-corrected chi connectivity index (χ0v) is 15.6. The van der Waals surface area contributed by atoms with Crippen LogP contribution in [0.15, 0.2) is 0 Å². The van der Waals surface area contributed by atoms with Crippen LogP contribution in [0.4, 0.5) is 4.79 Å². The second-order valence-electron chi connectivity index (χ2n) is 7.69. The Balaban J connectivity index is 2.39. The molecule has 1 aliphatic rings. The Bertz CT molecular complexity index is 453. The van der Waals surface area contributed by atoms with Crippen molar-refractivity contribution in [2.24, 2.45) is 0 Å². The average Bonchev–Trinajstić information content (AvgIpc) is 2.45. The van der Waals surface area contributed by atoms with Crippen molar-refractivity contribution in [1.82, 2.24) is 20.9 Å². The van der Waals surface area contributed by atoms with Crippen molar-refractivity contribution in [3.63, 3.8) is 0 Å². The molecule has 1 fully saturated rings. The highest BCUT2D eigenvalue weighted by atomic mass is 16.2. The Labute approximate surface area is 144 Å². The molecule has 0 heterocycles. The number of nitrogens with zero attached hydrogens (tertiary/aromatic N) is 1. The summed E-state index contributed by atoms with van der Waals surface area (Å²) in [5.74, 6) is -0.564. The predicted octanol–water partition coefficient (Wildman–Crippen LogP) is 1.38. The molecular formula is C17H32N4O3. The standard InChI is InChI=1S/C17H32N4O3/c1-12(21(5)11-14(22)20-17(2,3)4)15(23)19-16(24)18-13-9-7-6-8-10-13/h12-13H,6-11H2,1-5H3,(H,20,22)(H2,18,19,23,24)/t12-/m0/s1. The number of imide groups is 1. The molecule has 0 aromatic rings. The lowest BCUT2D eigenvalue weighted by atomic mass is 9.96. The molecule has 0 spiro atoms. The van der Waals surface area contributed by atoms with Crippen molar-refractivity contribution >= 4 is 17.8 Å². The Kier molecular flexibility index (Phi) is 7.66. The third-order valence-electron chi connectivity index (χ3n) is 4.13. The van der Waals surface area contributed by atoms with Crippen molar-refractivity contribution in [1.29, 1.82) is 0 Å². The van der Waals surface area contributed by atoms with Crippen LogP contribution in [0.1, 0.15) is 59.8 Å². The van der Waals surface area contributed by atoms with E-state index in [1.165, 1.54) is 6.42 Å². The minimum Gasteiger partial charge on any atom is -0.350 e. The summed E-state index contributed by atoms with van der Waals surface area (Å²) in [6, 6.07) is -0.878. The first-order valence-corrected chi connectivity index (χ1v) is 8.71. The molecule has 1 aliphatic carbocycles. The third kappa shape index (κ3) is 7.77. The van der Waals surface area contributed by atoms with Crippen LogP contribution in [-0.4, -0.2) is 54.0 Å². The normalized spacial score (nSPS) is 17.2. The molecular weight excluding hydrogens is 308 g/mol. The summed E-state index contributed by atoms with van der Waals surface area (Å²) in [7, 11) is 1.69. The monoisotopic (exact) mass is 340 g/mol. The molecule has 3 N–H and O–H groups in total. The van der Waals surface area contributed by atoms with Crippen LogP contribution >= 0.6 is 0 Å². The SMILES string of the molecule is C[C@@H](C(=O)NC(=O)NC1CCCCC1)N(C)CC(=O)NC(C)(C)C. The fourth-order valence-corrected chi connectivity index (χ4v) is 2.71. The maximum absolute atomic E-state index is 12.2. The van der Waals surface area contributed by atoms with Crippen LogP contribution in [0.5, 0.6) is 0 Å². The van der Waals surface area contributed by atoms with Gasteiger partial charge in [0.25, 0.3) is 0 Å². The number of likely N-dealkylation sites (N-methyl/N-ethyl adjacent to an activating group) is 1. The van der Waals surface area contributed by atoms with Gasteiger partial charge in [0, 0.05) is 11.6 Å². The van der Waals surface area contributed by atoms with Gasteiger partial charge in [-0.15, -0.1) is 0 Å². The summed E-state index contributed by atoms with van der Waals surface area (Å²) < 4.78 is 0. The van der Waals surface area contributed by atoms with Gasteiger partial charge in [-0.1, -0.05) is 19.3 Å². The van der Waals surface area contributed by atoms with Crippen molar-refractivity contribution < 1.29 is 14.4 Å². The van der Waals surface area contributed by atoms with E-state index < -0.39 is 18.0 Å². The zero-order chi connectivity index (χ0) is 18.3. The van der Waals surface area contributed by atoms with Gasteiger partial charge in [0.1, 0.15) is 0 Å². The van der Waals surface area contributed by atoms with Crippen LogP contribution in [0.25, 0.3) is 0 Å². The van der Waals surface area contributed by atoms with Gasteiger partial charge in [0.15, 0.2) is 0 Å². The van der Waals surface area contributed by atoms with Gasteiger partial charge in [0.2, 0.25) is 11.8 Å². The smallest absolute Gasteiger partial charge is 0.321 e. The highest BCUT2D eigenvalue weighted by molar-refractivity contribution is 5.97. The maximum Gasteiger partial charge on any atom is 0.321 e. The Hall–Kier alpha value is -1.63. The lowest BCUT2D eigenvalue weighted by molar-refractivity contribution is -0.127. The van der Waals surface area contributed by atoms with E-state index in [1.54, 1.807) is 18.9 Å². The van der Waals surface area contributed by atoms with E-state index in [0.29, 0.717) is 0 Å². The van der Waals surface area contributed by atoms with Gasteiger partial charge in [-0.3, -0.25) is 19.8 Å². The number of urea groups is 1. The summed E-state index contributed by atoms with van der Waals surface area (Å²) in [5, 5.41) is 8.06. The first-order valence-electron chi connectivity index (χ1n) is 8.71. The molecule has 7 nitrogen and oxygen atoms in total. The minimum atomic E-state index is -0.576. The van der Waals surface area contributed by atoms with Crippen LogP contribution in [-0.2, 0) is 9.59 Å². The Morgan fingerprint density at radius 2 is 1.71 bits per heavy atom. The molecule has 4 amide bonds. The van der Waals surface area contributed by atoms with E-state index in [2.05, 4.69) is 16.0 Å². The number of amides is 4. The molecule has 0 radical (unpaired) electrons. The van der Waals surface area contributed by atoms with Crippen molar-refractivity contribution in [2.75, 3.05) is 13.6 Å². The molecule has 0 aliphatic heterocycles. The molecule has 7 heteroatoms. The van der Waals surface area contributed by atoms with Gasteiger partial charge >= 0.3 is 6.03 Å².